The van der Waals surface area contributed by atoms with Crippen LogP contribution in [-0.2, 0) is 10.0 Å². The topological polar surface area (TPSA) is 72.2 Å². The summed E-state index contributed by atoms with van der Waals surface area (Å²) < 4.78 is 28.1. The average Bonchev–Trinajstić information content (AvgIpc) is 2.43. The molecule has 21 heavy (non-hydrogen) atoms. The Hall–Kier alpha value is -1.43. The molecule has 0 aromatic heterocycles. The van der Waals surface area contributed by atoms with Crippen LogP contribution < -0.4 is 10.5 Å². The fraction of sp³-hybridized carbons (Fsp3) is 0.375. The summed E-state index contributed by atoms with van der Waals surface area (Å²) in [5.74, 6) is 0. The second-order valence-corrected chi connectivity index (χ2v) is 7.94. The number of nitrogens with one attached hydrogen (secondary N) is 1. The van der Waals surface area contributed by atoms with Gasteiger partial charge < -0.3 is 5.73 Å². The molecule has 2 aromatic rings. The van der Waals surface area contributed by atoms with Gasteiger partial charge in [-0.1, -0.05) is 57.2 Å². The molecule has 0 saturated carbocycles. The molecule has 0 aliphatic rings. The van der Waals surface area contributed by atoms with E-state index in [0.29, 0.717) is 4.90 Å². The van der Waals surface area contributed by atoms with Crippen molar-refractivity contribution in [2.75, 3.05) is 6.54 Å². The Labute approximate surface area is 126 Å². The molecule has 0 aliphatic heterocycles. The minimum absolute atomic E-state index is 0.244. The van der Waals surface area contributed by atoms with E-state index in [1.165, 1.54) is 0 Å². The largest absolute Gasteiger partial charge is 0.329 e. The van der Waals surface area contributed by atoms with Crippen LogP contribution in [0.4, 0.5) is 0 Å². The third kappa shape index (κ3) is 3.43. The van der Waals surface area contributed by atoms with Crippen LogP contribution in [0.5, 0.6) is 0 Å². The van der Waals surface area contributed by atoms with Gasteiger partial charge in [-0.25, -0.2) is 13.1 Å². The first-order chi connectivity index (χ1) is 9.75. The van der Waals surface area contributed by atoms with Crippen LogP contribution in [0, 0.1) is 5.41 Å². The summed E-state index contributed by atoms with van der Waals surface area (Å²) in [7, 11) is -3.61. The van der Waals surface area contributed by atoms with Crippen molar-refractivity contribution < 1.29 is 8.42 Å². The molecule has 114 valence electrons. The van der Waals surface area contributed by atoms with Crippen LogP contribution in [0.25, 0.3) is 10.8 Å². The highest BCUT2D eigenvalue weighted by atomic mass is 32.2. The van der Waals surface area contributed by atoms with Crippen molar-refractivity contribution >= 4 is 20.8 Å². The molecule has 1 atom stereocenters. The molecule has 2 aromatic carbocycles. The van der Waals surface area contributed by atoms with Gasteiger partial charge in [-0.3, -0.25) is 0 Å². The van der Waals surface area contributed by atoms with E-state index < -0.39 is 10.0 Å². The lowest BCUT2D eigenvalue weighted by molar-refractivity contribution is 0.304. The predicted octanol–water partition coefficient (Wildman–Crippen LogP) is 2.49. The Morgan fingerprint density at radius 2 is 1.71 bits per heavy atom. The molecule has 0 bridgehead atoms. The molecule has 0 fully saturated rings. The highest BCUT2D eigenvalue weighted by molar-refractivity contribution is 7.89. The maximum atomic E-state index is 12.7. The second kappa shape index (κ2) is 5.75. The van der Waals surface area contributed by atoms with Crippen LogP contribution in [0.3, 0.4) is 0 Å². The second-order valence-electron chi connectivity index (χ2n) is 6.25. The van der Waals surface area contributed by atoms with Gasteiger partial charge in [-0.15, -0.1) is 0 Å². The lowest BCUT2D eigenvalue weighted by Gasteiger charge is -2.30. The fourth-order valence-corrected chi connectivity index (χ4v) is 3.94. The molecule has 0 radical (unpaired) electrons. The molecular weight excluding hydrogens is 284 g/mol. The minimum Gasteiger partial charge on any atom is -0.329 e. The number of nitrogens with two attached hydrogens (primary N) is 1. The monoisotopic (exact) mass is 306 g/mol. The van der Waals surface area contributed by atoms with Crippen molar-refractivity contribution in [2.45, 2.75) is 31.7 Å². The third-order valence-electron chi connectivity index (χ3n) is 3.62. The van der Waals surface area contributed by atoms with E-state index in [1.807, 2.05) is 51.1 Å². The zero-order valence-electron chi connectivity index (χ0n) is 12.6. The highest BCUT2D eigenvalue weighted by Gasteiger charge is 2.29. The normalized spacial score (nSPS) is 14.3. The van der Waals surface area contributed by atoms with E-state index in [1.54, 1.807) is 12.1 Å². The number of hydrogen-bond donors (Lipinski definition) is 2. The first-order valence-corrected chi connectivity index (χ1v) is 8.44. The molecule has 0 saturated heterocycles. The summed E-state index contributed by atoms with van der Waals surface area (Å²) in [5, 5.41) is 1.62. The summed E-state index contributed by atoms with van der Waals surface area (Å²) in [4.78, 5) is 0.295. The Morgan fingerprint density at radius 3 is 2.33 bits per heavy atom. The van der Waals surface area contributed by atoms with Crippen molar-refractivity contribution in [1.29, 1.82) is 0 Å². The van der Waals surface area contributed by atoms with Gasteiger partial charge in [-0.2, -0.15) is 0 Å². The molecule has 0 amide bonds. The zero-order chi connectivity index (χ0) is 15.7. The van der Waals surface area contributed by atoms with Crippen molar-refractivity contribution in [3.63, 3.8) is 0 Å². The number of hydrogen-bond acceptors (Lipinski definition) is 3. The molecule has 2 rings (SSSR count). The first-order valence-electron chi connectivity index (χ1n) is 6.96. The minimum atomic E-state index is -3.61. The molecule has 4 nitrogen and oxygen atoms in total. The van der Waals surface area contributed by atoms with Crippen molar-refractivity contribution in [2.24, 2.45) is 11.1 Å². The Balaban J connectivity index is 2.48. The fourth-order valence-electron chi connectivity index (χ4n) is 2.26. The van der Waals surface area contributed by atoms with E-state index in [4.69, 9.17) is 5.73 Å². The maximum absolute atomic E-state index is 12.7. The molecule has 3 N–H and O–H groups in total. The van der Waals surface area contributed by atoms with Crippen LogP contribution in [0.1, 0.15) is 20.8 Å². The summed E-state index contributed by atoms with van der Waals surface area (Å²) >= 11 is 0. The van der Waals surface area contributed by atoms with Crippen LogP contribution in [0.2, 0.25) is 0 Å². The first kappa shape index (κ1) is 15.9. The summed E-state index contributed by atoms with van der Waals surface area (Å²) in [6, 6.07) is 12.4. The van der Waals surface area contributed by atoms with Crippen molar-refractivity contribution in [1.82, 2.24) is 4.72 Å². The quantitative estimate of drug-likeness (QED) is 0.911. The van der Waals surface area contributed by atoms with Crippen LogP contribution in [-0.4, -0.2) is 21.0 Å². The van der Waals surface area contributed by atoms with Gasteiger partial charge >= 0.3 is 0 Å². The molecule has 5 heteroatoms. The highest BCUT2D eigenvalue weighted by Crippen LogP contribution is 2.25. The van der Waals surface area contributed by atoms with Crippen molar-refractivity contribution in [3.8, 4) is 0 Å². The smallest absolute Gasteiger partial charge is 0.241 e. The van der Waals surface area contributed by atoms with Gasteiger partial charge in [0.05, 0.1) is 4.90 Å². The Bertz CT molecular complexity index is 728. The predicted molar refractivity (Wildman–Crippen MR) is 86.6 cm³/mol. The third-order valence-corrected chi connectivity index (χ3v) is 5.15. The molecule has 0 spiro atoms. The standard InChI is InChI=1S/C16H22N2O2S/c1-16(2,3)15(11-17)18-21(19,20)14-10-6-8-12-7-4-5-9-13(12)14/h4-10,15,18H,11,17H2,1-3H3. The van der Waals surface area contributed by atoms with E-state index in [0.717, 1.165) is 10.8 Å². The Kier molecular flexibility index (Phi) is 4.37. The lowest BCUT2D eigenvalue weighted by Crippen LogP contribution is -2.48. The van der Waals surface area contributed by atoms with Gasteiger partial charge in [0, 0.05) is 18.0 Å². The Morgan fingerprint density at radius 1 is 1.10 bits per heavy atom. The molecule has 0 heterocycles. The summed E-state index contributed by atoms with van der Waals surface area (Å²) in [6.45, 7) is 6.16. The van der Waals surface area contributed by atoms with Gasteiger partial charge in [0.15, 0.2) is 0 Å². The summed E-state index contributed by atoms with van der Waals surface area (Å²) in [6.07, 6.45) is 0. The lowest BCUT2D eigenvalue weighted by atomic mass is 9.88. The van der Waals surface area contributed by atoms with E-state index in [-0.39, 0.29) is 18.0 Å². The van der Waals surface area contributed by atoms with Crippen molar-refractivity contribution in [3.05, 3.63) is 42.5 Å². The molecule has 1 unspecified atom stereocenters. The molecular formula is C16H22N2O2S. The van der Waals surface area contributed by atoms with Gasteiger partial charge in [0.1, 0.15) is 0 Å². The number of sulfonamides is 1. The van der Waals surface area contributed by atoms with Crippen LogP contribution in [0.15, 0.2) is 47.4 Å². The van der Waals surface area contributed by atoms with Gasteiger partial charge in [0.25, 0.3) is 0 Å². The van der Waals surface area contributed by atoms with E-state index in [9.17, 15) is 8.42 Å². The number of benzene rings is 2. The average molecular weight is 306 g/mol. The van der Waals surface area contributed by atoms with Crippen LogP contribution >= 0.6 is 0 Å². The maximum Gasteiger partial charge on any atom is 0.241 e. The number of fused-ring (bicyclic) bond motifs is 1. The number of rotatable bonds is 4. The van der Waals surface area contributed by atoms with E-state index in [2.05, 4.69) is 4.72 Å². The van der Waals surface area contributed by atoms with Gasteiger partial charge in [0.2, 0.25) is 10.0 Å². The summed E-state index contributed by atoms with van der Waals surface area (Å²) in [5.41, 5.74) is 5.49. The molecule has 0 aliphatic carbocycles. The SMILES string of the molecule is CC(C)(C)C(CN)NS(=O)(=O)c1cccc2ccccc12. The zero-order valence-corrected chi connectivity index (χ0v) is 13.4. The van der Waals surface area contributed by atoms with Gasteiger partial charge in [-0.05, 0) is 16.9 Å². The van der Waals surface area contributed by atoms with E-state index >= 15 is 0 Å².